The molecule has 1 fully saturated rings. The SMILES string of the molecule is CC(C)C(=O)c1sc(N2CCCC(C)(O)C2)cc1N. The number of carbonyl (C=O) groups excluding carboxylic acids is 1. The summed E-state index contributed by atoms with van der Waals surface area (Å²) in [7, 11) is 0. The third kappa shape index (κ3) is 3.09. The van der Waals surface area contributed by atoms with Crippen LogP contribution in [0.25, 0.3) is 0 Å². The number of hydrogen-bond acceptors (Lipinski definition) is 5. The molecule has 1 aliphatic rings. The summed E-state index contributed by atoms with van der Waals surface area (Å²) in [5, 5.41) is 11.1. The summed E-state index contributed by atoms with van der Waals surface area (Å²) >= 11 is 1.44. The van der Waals surface area contributed by atoms with E-state index in [-0.39, 0.29) is 11.7 Å². The fourth-order valence-corrected chi connectivity index (χ4v) is 3.60. The predicted molar refractivity (Wildman–Crippen MR) is 80.0 cm³/mol. The van der Waals surface area contributed by atoms with Crippen LogP contribution in [0.3, 0.4) is 0 Å². The van der Waals surface area contributed by atoms with Crippen molar-refractivity contribution in [1.82, 2.24) is 0 Å². The normalized spacial score (nSPS) is 23.9. The van der Waals surface area contributed by atoms with Gasteiger partial charge in [-0.2, -0.15) is 0 Å². The van der Waals surface area contributed by atoms with E-state index in [9.17, 15) is 9.90 Å². The zero-order valence-corrected chi connectivity index (χ0v) is 12.6. The van der Waals surface area contributed by atoms with Gasteiger partial charge in [0.25, 0.3) is 0 Å². The average Bonchev–Trinajstić information content (AvgIpc) is 2.69. The van der Waals surface area contributed by atoms with Crippen LogP contribution in [0, 0.1) is 5.92 Å². The molecule has 1 saturated heterocycles. The van der Waals surface area contributed by atoms with E-state index in [2.05, 4.69) is 4.90 Å². The Labute approximate surface area is 118 Å². The molecule has 0 aromatic carbocycles. The van der Waals surface area contributed by atoms with E-state index in [1.54, 1.807) is 0 Å². The first-order valence-electron chi connectivity index (χ1n) is 6.71. The molecular weight excluding hydrogens is 260 g/mol. The highest BCUT2D eigenvalue weighted by atomic mass is 32.1. The topological polar surface area (TPSA) is 66.6 Å². The molecule has 1 unspecified atom stereocenters. The molecule has 0 spiro atoms. The number of ketones is 1. The lowest BCUT2D eigenvalue weighted by atomic mass is 9.95. The zero-order valence-electron chi connectivity index (χ0n) is 11.8. The maximum absolute atomic E-state index is 12.1. The fourth-order valence-electron chi connectivity index (χ4n) is 2.41. The van der Waals surface area contributed by atoms with Crippen LogP contribution in [0.1, 0.15) is 43.3 Å². The molecule has 1 aromatic heterocycles. The Morgan fingerprint density at radius 1 is 1.58 bits per heavy atom. The second-order valence-electron chi connectivity index (χ2n) is 5.91. The number of nitrogens with zero attached hydrogens (tertiary/aromatic N) is 1. The van der Waals surface area contributed by atoms with Crippen LogP contribution in [-0.2, 0) is 0 Å². The van der Waals surface area contributed by atoms with E-state index < -0.39 is 5.60 Å². The molecule has 19 heavy (non-hydrogen) atoms. The van der Waals surface area contributed by atoms with Gasteiger partial charge in [0.05, 0.1) is 21.2 Å². The lowest BCUT2D eigenvalue weighted by Gasteiger charge is -2.37. The van der Waals surface area contributed by atoms with Gasteiger partial charge in [-0.1, -0.05) is 13.8 Å². The van der Waals surface area contributed by atoms with Gasteiger partial charge >= 0.3 is 0 Å². The Balaban J connectivity index is 2.22. The van der Waals surface area contributed by atoms with Gasteiger partial charge in [-0.3, -0.25) is 4.79 Å². The summed E-state index contributed by atoms with van der Waals surface area (Å²) in [6, 6.07) is 1.86. The molecule has 0 bridgehead atoms. The van der Waals surface area contributed by atoms with E-state index in [1.807, 2.05) is 26.8 Å². The van der Waals surface area contributed by atoms with Crippen molar-refractivity contribution in [2.24, 2.45) is 5.92 Å². The van der Waals surface area contributed by atoms with Crippen molar-refractivity contribution < 1.29 is 9.90 Å². The Hall–Kier alpha value is -1.07. The largest absolute Gasteiger partial charge is 0.397 e. The minimum atomic E-state index is -0.654. The maximum Gasteiger partial charge on any atom is 0.177 e. The van der Waals surface area contributed by atoms with Gasteiger partial charge in [0.15, 0.2) is 5.78 Å². The van der Waals surface area contributed by atoms with E-state index in [4.69, 9.17) is 5.73 Å². The number of thiophene rings is 1. The summed E-state index contributed by atoms with van der Waals surface area (Å²) in [6.07, 6.45) is 1.78. The van der Waals surface area contributed by atoms with Crippen molar-refractivity contribution in [2.75, 3.05) is 23.7 Å². The number of hydrogen-bond donors (Lipinski definition) is 2. The molecule has 1 aliphatic heterocycles. The van der Waals surface area contributed by atoms with E-state index in [0.717, 1.165) is 24.4 Å². The highest BCUT2D eigenvalue weighted by Gasteiger charge is 2.30. The summed E-state index contributed by atoms with van der Waals surface area (Å²) in [5.74, 6) is 0.0517. The van der Waals surface area contributed by atoms with Gasteiger partial charge in [-0.25, -0.2) is 0 Å². The number of piperidine rings is 1. The molecule has 4 nitrogen and oxygen atoms in total. The number of nitrogens with two attached hydrogens (primary N) is 1. The predicted octanol–water partition coefficient (Wildman–Crippen LogP) is 2.52. The Morgan fingerprint density at radius 3 is 2.84 bits per heavy atom. The lowest BCUT2D eigenvalue weighted by molar-refractivity contribution is 0.0451. The van der Waals surface area contributed by atoms with Crippen molar-refractivity contribution in [3.8, 4) is 0 Å². The van der Waals surface area contributed by atoms with Gasteiger partial charge in [-0.05, 0) is 25.8 Å². The monoisotopic (exact) mass is 282 g/mol. The van der Waals surface area contributed by atoms with Gasteiger partial charge in [0.1, 0.15) is 0 Å². The standard InChI is InChI=1S/C14H22N2O2S/c1-9(2)12(17)13-10(15)7-11(19-13)16-6-4-5-14(3,18)8-16/h7,9,18H,4-6,8,15H2,1-3H3. The van der Waals surface area contributed by atoms with Crippen molar-refractivity contribution in [2.45, 2.75) is 39.2 Å². The Morgan fingerprint density at radius 2 is 2.26 bits per heavy atom. The second kappa shape index (κ2) is 5.13. The minimum absolute atomic E-state index is 0.0433. The van der Waals surface area contributed by atoms with Crippen LogP contribution in [0.5, 0.6) is 0 Å². The second-order valence-corrected chi connectivity index (χ2v) is 6.94. The third-order valence-corrected chi connectivity index (χ3v) is 4.71. The van der Waals surface area contributed by atoms with Crippen LogP contribution in [0.2, 0.25) is 0 Å². The summed E-state index contributed by atoms with van der Waals surface area (Å²) in [4.78, 5) is 14.8. The van der Waals surface area contributed by atoms with Crippen LogP contribution < -0.4 is 10.6 Å². The first kappa shape index (κ1) is 14.3. The molecule has 1 atom stereocenters. The van der Waals surface area contributed by atoms with Crippen molar-refractivity contribution in [3.63, 3.8) is 0 Å². The third-order valence-electron chi connectivity index (χ3n) is 3.48. The molecule has 0 radical (unpaired) electrons. The highest BCUT2D eigenvalue weighted by molar-refractivity contribution is 7.18. The molecular formula is C14H22N2O2S. The minimum Gasteiger partial charge on any atom is -0.397 e. The molecule has 106 valence electrons. The smallest absolute Gasteiger partial charge is 0.177 e. The average molecular weight is 282 g/mol. The molecule has 2 rings (SSSR count). The zero-order chi connectivity index (χ0) is 14.2. The summed E-state index contributed by atoms with van der Waals surface area (Å²) in [6.45, 7) is 7.13. The maximum atomic E-state index is 12.1. The molecule has 3 N–H and O–H groups in total. The van der Waals surface area contributed by atoms with Crippen molar-refractivity contribution in [3.05, 3.63) is 10.9 Å². The summed E-state index contributed by atoms with van der Waals surface area (Å²) < 4.78 is 0. The molecule has 2 heterocycles. The summed E-state index contributed by atoms with van der Waals surface area (Å²) in [5.41, 5.74) is 5.86. The van der Waals surface area contributed by atoms with Gasteiger partial charge in [0, 0.05) is 19.0 Å². The van der Waals surface area contributed by atoms with E-state index in [0.29, 0.717) is 17.1 Å². The molecule has 0 aliphatic carbocycles. The van der Waals surface area contributed by atoms with Crippen LogP contribution in [-0.4, -0.2) is 29.6 Å². The number of β-amino-alcohol motifs (C(OH)–C–C–N with tert-alkyl or cyclic N) is 1. The Kier molecular flexibility index (Phi) is 3.87. The van der Waals surface area contributed by atoms with E-state index in [1.165, 1.54) is 11.3 Å². The van der Waals surface area contributed by atoms with Gasteiger partial charge in [0.2, 0.25) is 0 Å². The van der Waals surface area contributed by atoms with Crippen LogP contribution in [0.15, 0.2) is 6.07 Å². The van der Waals surface area contributed by atoms with Crippen LogP contribution >= 0.6 is 11.3 Å². The van der Waals surface area contributed by atoms with Gasteiger partial charge in [-0.15, -0.1) is 11.3 Å². The molecule has 0 amide bonds. The number of Topliss-reactive ketones (excluding diaryl/α,β-unsaturated/α-hetero) is 1. The fraction of sp³-hybridized carbons (Fsp3) is 0.643. The quantitative estimate of drug-likeness (QED) is 0.836. The van der Waals surface area contributed by atoms with Gasteiger partial charge < -0.3 is 15.7 Å². The van der Waals surface area contributed by atoms with Crippen molar-refractivity contribution in [1.29, 1.82) is 0 Å². The Bertz CT molecular complexity index is 480. The van der Waals surface area contributed by atoms with Crippen molar-refractivity contribution >= 4 is 27.8 Å². The molecule has 1 aromatic rings. The highest BCUT2D eigenvalue weighted by Crippen LogP contribution is 2.36. The van der Waals surface area contributed by atoms with Crippen LogP contribution in [0.4, 0.5) is 10.7 Å². The molecule has 0 saturated carbocycles. The number of aliphatic hydroxyl groups is 1. The first-order valence-corrected chi connectivity index (χ1v) is 7.53. The number of carbonyl (C=O) groups is 1. The first-order chi connectivity index (χ1) is 8.80. The number of rotatable bonds is 3. The molecule has 5 heteroatoms. The number of anilines is 2. The number of nitrogen functional groups attached to an aromatic ring is 1. The van der Waals surface area contributed by atoms with E-state index >= 15 is 0 Å². The lowest BCUT2D eigenvalue weighted by Crippen LogP contribution is -2.45.